The summed E-state index contributed by atoms with van der Waals surface area (Å²) < 4.78 is 51.5. The smallest absolute Gasteiger partial charge is 0.421 e. The number of aldehydes is 1. The molecule has 0 spiro atoms. The third-order valence-electron chi connectivity index (χ3n) is 4.02. The lowest BCUT2D eigenvalue weighted by Crippen LogP contribution is -2.14. The van der Waals surface area contributed by atoms with E-state index in [-0.39, 0.29) is 17.7 Å². The Kier molecular flexibility index (Phi) is 4.73. The normalized spacial score (nSPS) is 16.4. The number of methoxy groups -OCH3 is 1. The lowest BCUT2D eigenvalue weighted by Gasteiger charge is -2.19. The third kappa shape index (κ3) is 3.35. The van der Waals surface area contributed by atoms with E-state index in [1.807, 2.05) is 12.1 Å². The molecule has 1 unspecified atom stereocenters. The maximum Gasteiger partial charge on any atom is 0.421 e. The summed E-state index contributed by atoms with van der Waals surface area (Å²) >= 11 is 3.44. The summed E-state index contributed by atoms with van der Waals surface area (Å²) in [5.74, 6) is -0.793. The molecule has 1 aromatic heterocycles. The quantitative estimate of drug-likeness (QED) is 0.676. The van der Waals surface area contributed by atoms with Gasteiger partial charge in [0.1, 0.15) is 11.7 Å². The van der Waals surface area contributed by atoms with Crippen LogP contribution in [0, 0.1) is 0 Å². The Balaban J connectivity index is 2.03. The molecule has 0 bridgehead atoms. The van der Waals surface area contributed by atoms with Crippen LogP contribution in [-0.2, 0) is 12.6 Å². The molecular weight excluding hydrogens is 403 g/mol. The van der Waals surface area contributed by atoms with Crippen LogP contribution >= 0.6 is 15.9 Å². The molecule has 0 aliphatic heterocycles. The SMILES string of the molecule is COc1nc(OC2CCc3c(Br)cccc32)c(C(F)(F)F)cc1C=O. The number of rotatable bonds is 4. The molecule has 0 amide bonds. The first-order chi connectivity index (χ1) is 11.8. The number of alkyl halides is 3. The van der Waals surface area contributed by atoms with E-state index in [0.29, 0.717) is 18.9 Å². The number of fused-ring (bicyclic) bond motifs is 1. The van der Waals surface area contributed by atoms with E-state index >= 15 is 0 Å². The van der Waals surface area contributed by atoms with E-state index in [4.69, 9.17) is 9.47 Å². The fraction of sp³-hybridized carbons (Fsp3) is 0.294. The van der Waals surface area contributed by atoms with Crippen molar-refractivity contribution in [3.63, 3.8) is 0 Å². The molecule has 25 heavy (non-hydrogen) atoms. The minimum absolute atomic E-state index is 0.203. The molecule has 0 N–H and O–H groups in total. The van der Waals surface area contributed by atoms with Crippen molar-refractivity contribution in [1.82, 2.24) is 4.98 Å². The molecule has 1 aliphatic rings. The highest BCUT2D eigenvalue weighted by Crippen LogP contribution is 2.42. The van der Waals surface area contributed by atoms with E-state index in [1.165, 1.54) is 7.11 Å². The number of carbonyl (C=O) groups is 1. The third-order valence-corrected chi connectivity index (χ3v) is 4.76. The van der Waals surface area contributed by atoms with Crippen molar-refractivity contribution in [3.8, 4) is 11.8 Å². The molecule has 4 nitrogen and oxygen atoms in total. The Morgan fingerprint density at radius 2 is 2.08 bits per heavy atom. The fourth-order valence-corrected chi connectivity index (χ4v) is 3.45. The molecule has 132 valence electrons. The number of pyridine rings is 1. The number of nitrogens with zero attached hydrogens (tertiary/aromatic N) is 1. The first kappa shape index (κ1) is 17.7. The minimum Gasteiger partial charge on any atom is -0.480 e. The van der Waals surface area contributed by atoms with Crippen molar-refractivity contribution in [1.29, 1.82) is 0 Å². The highest BCUT2D eigenvalue weighted by molar-refractivity contribution is 9.10. The predicted octanol–water partition coefficient (Wildman–Crippen LogP) is 4.75. The van der Waals surface area contributed by atoms with Crippen molar-refractivity contribution in [3.05, 3.63) is 51.0 Å². The van der Waals surface area contributed by atoms with Gasteiger partial charge in [-0.2, -0.15) is 18.2 Å². The Morgan fingerprint density at radius 1 is 1.32 bits per heavy atom. The Morgan fingerprint density at radius 3 is 2.72 bits per heavy atom. The lowest BCUT2D eigenvalue weighted by molar-refractivity contribution is -0.139. The number of carbonyl (C=O) groups excluding carboxylic acids is 1. The first-order valence-corrected chi connectivity index (χ1v) is 8.19. The first-order valence-electron chi connectivity index (χ1n) is 7.40. The van der Waals surface area contributed by atoms with Crippen molar-refractivity contribution in [2.24, 2.45) is 0 Å². The molecule has 1 heterocycles. The summed E-state index contributed by atoms with van der Waals surface area (Å²) in [6.07, 6.45) is -3.76. The van der Waals surface area contributed by atoms with E-state index in [9.17, 15) is 18.0 Å². The van der Waals surface area contributed by atoms with Gasteiger partial charge < -0.3 is 9.47 Å². The molecule has 1 aromatic carbocycles. The molecule has 2 aromatic rings. The van der Waals surface area contributed by atoms with E-state index in [0.717, 1.165) is 15.6 Å². The average Bonchev–Trinajstić information content (AvgIpc) is 2.98. The predicted molar refractivity (Wildman–Crippen MR) is 87.0 cm³/mol. The van der Waals surface area contributed by atoms with Gasteiger partial charge in [-0.1, -0.05) is 28.1 Å². The minimum atomic E-state index is -4.70. The van der Waals surface area contributed by atoms with Crippen LogP contribution in [-0.4, -0.2) is 18.4 Å². The molecule has 3 rings (SSSR count). The van der Waals surface area contributed by atoms with Crippen LogP contribution in [0.4, 0.5) is 13.2 Å². The maximum absolute atomic E-state index is 13.4. The second kappa shape index (κ2) is 6.67. The molecule has 0 saturated heterocycles. The summed E-state index contributed by atoms with van der Waals surface area (Å²) in [6, 6.07) is 6.20. The van der Waals surface area contributed by atoms with Crippen LogP contribution in [0.2, 0.25) is 0 Å². The van der Waals surface area contributed by atoms with Gasteiger partial charge >= 0.3 is 6.18 Å². The second-order valence-corrected chi connectivity index (χ2v) is 6.36. The molecular formula is C17H13BrF3NO3. The second-order valence-electron chi connectivity index (χ2n) is 5.51. The Hall–Kier alpha value is -2.09. The van der Waals surface area contributed by atoms with Crippen LogP contribution < -0.4 is 9.47 Å². The molecule has 0 fully saturated rings. The summed E-state index contributed by atoms with van der Waals surface area (Å²) in [5, 5.41) is 0. The summed E-state index contributed by atoms with van der Waals surface area (Å²) in [4.78, 5) is 14.8. The zero-order valence-electron chi connectivity index (χ0n) is 13.1. The topological polar surface area (TPSA) is 48.4 Å². The Labute approximate surface area is 150 Å². The largest absolute Gasteiger partial charge is 0.480 e. The number of aromatic nitrogens is 1. The van der Waals surface area contributed by atoms with Gasteiger partial charge in [-0.25, -0.2) is 0 Å². The summed E-state index contributed by atoms with van der Waals surface area (Å²) in [5.41, 5.74) is 0.454. The van der Waals surface area contributed by atoms with Gasteiger partial charge in [0, 0.05) is 4.47 Å². The zero-order chi connectivity index (χ0) is 18.2. The van der Waals surface area contributed by atoms with Gasteiger partial charge in [-0.05, 0) is 36.1 Å². The average molecular weight is 416 g/mol. The molecule has 1 aliphatic carbocycles. The van der Waals surface area contributed by atoms with E-state index in [1.54, 1.807) is 6.07 Å². The highest BCUT2D eigenvalue weighted by Gasteiger charge is 2.38. The van der Waals surface area contributed by atoms with Gasteiger partial charge in [0.25, 0.3) is 0 Å². The van der Waals surface area contributed by atoms with Crippen LogP contribution in [0.25, 0.3) is 0 Å². The van der Waals surface area contributed by atoms with Crippen LogP contribution in [0.15, 0.2) is 28.7 Å². The van der Waals surface area contributed by atoms with E-state index < -0.39 is 23.7 Å². The number of hydrogen-bond donors (Lipinski definition) is 0. The fourth-order valence-electron chi connectivity index (χ4n) is 2.87. The van der Waals surface area contributed by atoms with Gasteiger partial charge in [-0.15, -0.1) is 0 Å². The maximum atomic E-state index is 13.4. The van der Waals surface area contributed by atoms with Crippen LogP contribution in [0.1, 0.15) is 39.6 Å². The van der Waals surface area contributed by atoms with Crippen molar-refractivity contribution in [2.45, 2.75) is 25.1 Å². The van der Waals surface area contributed by atoms with E-state index in [2.05, 4.69) is 20.9 Å². The van der Waals surface area contributed by atoms with Crippen molar-refractivity contribution < 1.29 is 27.4 Å². The molecule has 0 radical (unpaired) electrons. The monoisotopic (exact) mass is 415 g/mol. The highest BCUT2D eigenvalue weighted by atomic mass is 79.9. The Bertz CT molecular complexity index is 824. The molecule has 0 saturated carbocycles. The summed E-state index contributed by atoms with van der Waals surface area (Å²) in [7, 11) is 1.23. The number of benzene rings is 1. The van der Waals surface area contributed by atoms with Crippen molar-refractivity contribution in [2.75, 3.05) is 7.11 Å². The lowest BCUT2D eigenvalue weighted by atomic mass is 10.1. The number of ether oxygens (including phenoxy) is 2. The molecule has 1 atom stereocenters. The van der Waals surface area contributed by atoms with Crippen LogP contribution in [0.3, 0.4) is 0 Å². The van der Waals surface area contributed by atoms with Gasteiger partial charge in [0.05, 0.1) is 12.7 Å². The van der Waals surface area contributed by atoms with Gasteiger partial charge in [0.2, 0.25) is 11.8 Å². The zero-order valence-corrected chi connectivity index (χ0v) is 14.6. The van der Waals surface area contributed by atoms with Gasteiger partial charge in [0.15, 0.2) is 6.29 Å². The number of hydrogen-bond acceptors (Lipinski definition) is 4. The van der Waals surface area contributed by atoms with Gasteiger partial charge in [-0.3, -0.25) is 4.79 Å². The number of halogens is 4. The van der Waals surface area contributed by atoms with Crippen LogP contribution in [0.5, 0.6) is 11.8 Å². The standard InChI is InChI=1S/C17H13BrF3NO3/c1-24-15-9(8-23)7-12(17(19,20)21)16(22-15)25-14-6-5-10-11(14)3-2-4-13(10)18/h2-4,7-8,14H,5-6H2,1H3. The summed E-state index contributed by atoms with van der Waals surface area (Å²) in [6.45, 7) is 0. The van der Waals surface area contributed by atoms with Crippen molar-refractivity contribution >= 4 is 22.2 Å². The molecule has 8 heteroatoms.